The van der Waals surface area contributed by atoms with Gasteiger partial charge in [0, 0.05) is 17.0 Å². The molecule has 0 fully saturated rings. The van der Waals surface area contributed by atoms with Gasteiger partial charge in [-0.1, -0.05) is 18.2 Å². The number of nitro benzene ring substituents is 2. The van der Waals surface area contributed by atoms with Gasteiger partial charge >= 0.3 is 0 Å². The number of H-pyrrole nitrogens is 1. The SMILES string of the molecule is O=[N+]([O-])c1ccc(Sc2nnc3c(n2)[nH]c2ccccc23)c([N+](=O)[O-])c1. The molecule has 2 heterocycles. The number of fused-ring (bicyclic) bond motifs is 3. The van der Waals surface area contributed by atoms with E-state index in [2.05, 4.69) is 20.2 Å². The Hall–Kier alpha value is -3.60. The maximum Gasteiger partial charge on any atom is 0.290 e. The van der Waals surface area contributed by atoms with Gasteiger partial charge in [-0.15, -0.1) is 10.2 Å². The molecule has 0 unspecified atom stereocenters. The number of hydrogen-bond donors (Lipinski definition) is 1. The van der Waals surface area contributed by atoms with Crippen LogP contribution in [-0.2, 0) is 0 Å². The van der Waals surface area contributed by atoms with Crippen LogP contribution in [0.1, 0.15) is 0 Å². The Morgan fingerprint density at radius 2 is 1.81 bits per heavy atom. The quantitative estimate of drug-likeness (QED) is 0.426. The average Bonchev–Trinajstić information content (AvgIpc) is 2.99. The zero-order chi connectivity index (χ0) is 18.3. The number of nitrogens with zero attached hydrogens (tertiary/aromatic N) is 5. The molecule has 10 nitrogen and oxygen atoms in total. The van der Waals surface area contributed by atoms with Crippen LogP contribution in [-0.4, -0.2) is 30.0 Å². The summed E-state index contributed by atoms with van der Waals surface area (Å²) < 4.78 is 0. The average molecular weight is 368 g/mol. The summed E-state index contributed by atoms with van der Waals surface area (Å²) in [6, 6.07) is 10.9. The van der Waals surface area contributed by atoms with Crippen LogP contribution in [0.5, 0.6) is 0 Å². The molecule has 26 heavy (non-hydrogen) atoms. The second-order valence-electron chi connectivity index (χ2n) is 5.23. The molecule has 0 atom stereocenters. The zero-order valence-corrected chi connectivity index (χ0v) is 13.6. The third-order valence-electron chi connectivity index (χ3n) is 3.65. The van der Waals surface area contributed by atoms with Crippen LogP contribution in [0.25, 0.3) is 22.1 Å². The summed E-state index contributed by atoms with van der Waals surface area (Å²) in [4.78, 5) is 28.3. The predicted octanol–water partition coefficient (Wildman–Crippen LogP) is 3.47. The molecule has 0 saturated heterocycles. The van der Waals surface area contributed by atoms with Gasteiger partial charge in [-0.25, -0.2) is 4.98 Å². The normalized spacial score (nSPS) is 11.1. The molecule has 2 aromatic carbocycles. The monoisotopic (exact) mass is 368 g/mol. The van der Waals surface area contributed by atoms with E-state index in [-0.39, 0.29) is 21.4 Å². The van der Waals surface area contributed by atoms with Crippen molar-refractivity contribution in [2.24, 2.45) is 0 Å². The molecule has 0 radical (unpaired) electrons. The first-order valence-corrected chi connectivity index (χ1v) is 8.06. The topological polar surface area (TPSA) is 141 Å². The van der Waals surface area contributed by atoms with Crippen molar-refractivity contribution in [1.29, 1.82) is 0 Å². The fraction of sp³-hybridized carbons (Fsp3) is 0. The zero-order valence-electron chi connectivity index (χ0n) is 12.8. The molecule has 0 saturated carbocycles. The lowest BCUT2D eigenvalue weighted by Crippen LogP contribution is -1.96. The third-order valence-corrected chi connectivity index (χ3v) is 4.57. The summed E-state index contributed by atoms with van der Waals surface area (Å²) in [5.41, 5.74) is 1.22. The van der Waals surface area contributed by atoms with E-state index in [9.17, 15) is 20.2 Å². The summed E-state index contributed by atoms with van der Waals surface area (Å²) in [6.45, 7) is 0. The van der Waals surface area contributed by atoms with Gasteiger partial charge in [-0.05, 0) is 23.9 Å². The van der Waals surface area contributed by atoms with Crippen LogP contribution in [0.2, 0.25) is 0 Å². The summed E-state index contributed by atoms with van der Waals surface area (Å²) in [5, 5.41) is 31.3. The summed E-state index contributed by atoms with van der Waals surface area (Å²) >= 11 is 0.919. The van der Waals surface area contributed by atoms with Crippen molar-refractivity contribution in [2.45, 2.75) is 10.1 Å². The molecule has 0 bridgehead atoms. The summed E-state index contributed by atoms with van der Waals surface area (Å²) in [7, 11) is 0. The van der Waals surface area contributed by atoms with Crippen molar-refractivity contribution in [3.63, 3.8) is 0 Å². The van der Waals surface area contributed by atoms with Crippen LogP contribution in [0.15, 0.2) is 52.5 Å². The number of hydrogen-bond acceptors (Lipinski definition) is 8. The second-order valence-corrected chi connectivity index (χ2v) is 6.24. The van der Waals surface area contributed by atoms with E-state index in [4.69, 9.17) is 0 Å². The number of benzene rings is 2. The van der Waals surface area contributed by atoms with Gasteiger partial charge in [0.2, 0.25) is 5.16 Å². The molecular formula is C15H8N6O4S. The van der Waals surface area contributed by atoms with Crippen LogP contribution in [0.4, 0.5) is 11.4 Å². The Balaban J connectivity index is 1.76. The van der Waals surface area contributed by atoms with Gasteiger partial charge in [0.1, 0.15) is 5.52 Å². The van der Waals surface area contributed by atoms with Crippen LogP contribution in [0, 0.1) is 20.2 Å². The molecule has 0 aliphatic carbocycles. The third kappa shape index (κ3) is 2.69. The van der Waals surface area contributed by atoms with Gasteiger partial charge < -0.3 is 4.98 Å². The van der Waals surface area contributed by atoms with Crippen LogP contribution >= 0.6 is 11.8 Å². The van der Waals surface area contributed by atoms with Crippen LogP contribution in [0.3, 0.4) is 0 Å². The number of non-ortho nitro benzene ring substituents is 1. The largest absolute Gasteiger partial charge is 0.338 e. The minimum atomic E-state index is -0.684. The highest BCUT2D eigenvalue weighted by atomic mass is 32.2. The molecule has 0 amide bonds. The number of aromatic amines is 1. The van der Waals surface area contributed by atoms with E-state index in [1.165, 1.54) is 12.1 Å². The van der Waals surface area contributed by atoms with Gasteiger partial charge in [-0.2, -0.15) is 0 Å². The van der Waals surface area contributed by atoms with Crippen molar-refractivity contribution in [3.05, 3.63) is 62.7 Å². The van der Waals surface area contributed by atoms with Crippen molar-refractivity contribution in [3.8, 4) is 0 Å². The molecule has 4 rings (SSSR count). The maximum absolute atomic E-state index is 11.2. The predicted molar refractivity (Wildman–Crippen MR) is 93.1 cm³/mol. The van der Waals surface area contributed by atoms with Gasteiger partial charge in [0.25, 0.3) is 11.4 Å². The van der Waals surface area contributed by atoms with Crippen molar-refractivity contribution >= 4 is 45.2 Å². The highest BCUT2D eigenvalue weighted by Crippen LogP contribution is 2.35. The van der Waals surface area contributed by atoms with Gasteiger partial charge in [0.05, 0.1) is 20.8 Å². The van der Waals surface area contributed by atoms with Crippen molar-refractivity contribution < 1.29 is 9.85 Å². The van der Waals surface area contributed by atoms with E-state index in [1.54, 1.807) is 0 Å². The minimum Gasteiger partial charge on any atom is -0.338 e. The summed E-state index contributed by atoms with van der Waals surface area (Å²) in [5.74, 6) is 0. The molecule has 2 aromatic heterocycles. The fourth-order valence-corrected chi connectivity index (χ4v) is 3.29. The first kappa shape index (κ1) is 15.9. The van der Waals surface area contributed by atoms with Crippen LogP contribution < -0.4 is 0 Å². The van der Waals surface area contributed by atoms with Crippen molar-refractivity contribution in [2.75, 3.05) is 0 Å². The Morgan fingerprint density at radius 3 is 2.58 bits per heavy atom. The standard InChI is InChI=1S/C15H8N6O4S/c22-20(23)8-5-6-12(11(7-8)21(24)25)26-15-17-14-13(18-19-15)9-3-1-2-4-10(9)16-14/h1-7H,(H,16,17,19). The number of para-hydroxylation sites is 1. The van der Waals surface area contributed by atoms with E-state index in [0.717, 1.165) is 28.7 Å². The van der Waals surface area contributed by atoms with Gasteiger partial charge in [-0.3, -0.25) is 20.2 Å². The van der Waals surface area contributed by atoms with E-state index >= 15 is 0 Å². The van der Waals surface area contributed by atoms with E-state index in [1.807, 2.05) is 24.3 Å². The minimum absolute atomic E-state index is 0.192. The van der Waals surface area contributed by atoms with E-state index < -0.39 is 9.85 Å². The lowest BCUT2D eigenvalue weighted by atomic mass is 10.2. The first-order chi connectivity index (χ1) is 12.5. The van der Waals surface area contributed by atoms with E-state index in [0.29, 0.717) is 11.2 Å². The lowest BCUT2D eigenvalue weighted by Gasteiger charge is -2.01. The Kier molecular flexibility index (Phi) is 3.69. The summed E-state index contributed by atoms with van der Waals surface area (Å²) in [6.07, 6.45) is 0. The van der Waals surface area contributed by atoms with Crippen molar-refractivity contribution in [1.82, 2.24) is 20.2 Å². The number of nitro groups is 2. The number of aromatic nitrogens is 4. The Bertz CT molecular complexity index is 1190. The molecular weight excluding hydrogens is 360 g/mol. The molecule has 11 heteroatoms. The Morgan fingerprint density at radius 1 is 1.00 bits per heavy atom. The first-order valence-electron chi connectivity index (χ1n) is 7.25. The Labute approximate surface area is 148 Å². The smallest absolute Gasteiger partial charge is 0.290 e. The van der Waals surface area contributed by atoms with Gasteiger partial charge in [0.15, 0.2) is 5.65 Å². The molecule has 1 N–H and O–H groups in total. The number of rotatable bonds is 4. The molecule has 0 aliphatic rings. The second kappa shape index (κ2) is 6.04. The fourth-order valence-electron chi connectivity index (χ4n) is 2.50. The molecule has 4 aromatic rings. The lowest BCUT2D eigenvalue weighted by molar-refractivity contribution is -0.396. The maximum atomic E-state index is 11.2. The molecule has 0 spiro atoms. The highest BCUT2D eigenvalue weighted by Gasteiger charge is 2.21. The number of nitrogens with one attached hydrogen (secondary N) is 1. The molecule has 128 valence electrons. The molecule has 0 aliphatic heterocycles. The highest BCUT2D eigenvalue weighted by molar-refractivity contribution is 7.99.